The molecule has 1 atom stereocenters. The SMILES string of the molecule is CN1CCN(CC(NC(=O)Cc2csc(NC(=O)c3cccs3)n2)c2ccccc2)CC1. The zero-order valence-electron chi connectivity index (χ0n) is 18.0. The average molecular weight is 470 g/mol. The van der Waals surface area contributed by atoms with Crippen LogP contribution in [0.15, 0.2) is 53.2 Å². The molecule has 0 radical (unpaired) electrons. The summed E-state index contributed by atoms with van der Waals surface area (Å²) >= 11 is 2.71. The Bertz CT molecular complexity index is 1010. The summed E-state index contributed by atoms with van der Waals surface area (Å²) in [5.41, 5.74) is 1.75. The van der Waals surface area contributed by atoms with Gasteiger partial charge in [0.2, 0.25) is 5.91 Å². The van der Waals surface area contributed by atoms with Crippen LogP contribution < -0.4 is 10.6 Å². The van der Waals surface area contributed by atoms with Crippen LogP contribution in [0.4, 0.5) is 5.13 Å². The summed E-state index contributed by atoms with van der Waals surface area (Å²) in [5.74, 6) is -0.254. The molecule has 1 aliphatic heterocycles. The highest BCUT2D eigenvalue weighted by atomic mass is 32.1. The summed E-state index contributed by atoms with van der Waals surface area (Å²) in [5, 5.41) is 10.2. The second kappa shape index (κ2) is 10.8. The molecule has 2 aromatic heterocycles. The van der Waals surface area contributed by atoms with Crippen molar-refractivity contribution in [1.82, 2.24) is 20.1 Å². The van der Waals surface area contributed by atoms with Crippen molar-refractivity contribution < 1.29 is 9.59 Å². The van der Waals surface area contributed by atoms with Crippen LogP contribution in [0.2, 0.25) is 0 Å². The molecule has 1 unspecified atom stereocenters. The highest BCUT2D eigenvalue weighted by Gasteiger charge is 2.22. The predicted molar refractivity (Wildman–Crippen MR) is 129 cm³/mol. The fourth-order valence-corrected chi connectivity index (χ4v) is 4.95. The van der Waals surface area contributed by atoms with Gasteiger partial charge in [-0.25, -0.2) is 4.98 Å². The molecule has 168 valence electrons. The predicted octanol–water partition coefficient (Wildman–Crippen LogP) is 3.10. The molecular weight excluding hydrogens is 442 g/mol. The Kier molecular flexibility index (Phi) is 7.64. The zero-order chi connectivity index (χ0) is 22.3. The summed E-state index contributed by atoms with van der Waals surface area (Å²) in [6, 6.07) is 13.6. The van der Waals surface area contributed by atoms with Crippen LogP contribution in [0.1, 0.15) is 27.0 Å². The number of hydrogen-bond donors (Lipinski definition) is 2. The smallest absolute Gasteiger partial charge is 0.267 e. The number of carbonyl (C=O) groups is 2. The average Bonchev–Trinajstić information content (AvgIpc) is 3.48. The van der Waals surface area contributed by atoms with Gasteiger partial charge in [0, 0.05) is 38.1 Å². The van der Waals surface area contributed by atoms with E-state index >= 15 is 0 Å². The lowest BCUT2D eigenvalue weighted by Crippen LogP contribution is -2.48. The van der Waals surface area contributed by atoms with Crippen molar-refractivity contribution in [2.45, 2.75) is 12.5 Å². The van der Waals surface area contributed by atoms with E-state index in [0.717, 1.165) is 38.3 Å². The lowest BCUT2D eigenvalue weighted by molar-refractivity contribution is -0.121. The fourth-order valence-electron chi connectivity index (χ4n) is 3.63. The van der Waals surface area contributed by atoms with Gasteiger partial charge in [-0.3, -0.25) is 19.8 Å². The number of anilines is 1. The second-order valence-electron chi connectivity index (χ2n) is 7.89. The molecule has 7 nitrogen and oxygen atoms in total. The van der Waals surface area contributed by atoms with Crippen molar-refractivity contribution in [2.75, 3.05) is 45.1 Å². The summed E-state index contributed by atoms with van der Waals surface area (Å²) in [6.07, 6.45) is 0.178. The monoisotopic (exact) mass is 469 g/mol. The van der Waals surface area contributed by atoms with Crippen LogP contribution in [-0.4, -0.2) is 66.4 Å². The van der Waals surface area contributed by atoms with E-state index in [9.17, 15) is 9.59 Å². The first-order valence-electron chi connectivity index (χ1n) is 10.6. The van der Waals surface area contributed by atoms with Crippen molar-refractivity contribution in [3.05, 3.63) is 69.4 Å². The molecule has 32 heavy (non-hydrogen) atoms. The van der Waals surface area contributed by atoms with Crippen LogP contribution >= 0.6 is 22.7 Å². The number of carbonyl (C=O) groups excluding carboxylic acids is 2. The van der Waals surface area contributed by atoms with E-state index in [1.165, 1.54) is 22.7 Å². The van der Waals surface area contributed by atoms with Gasteiger partial charge in [0.15, 0.2) is 5.13 Å². The first-order valence-corrected chi connectivity index (χ1v) is 12.4. The molecule has 3 aromatic rings. The van der Waals surface area contributed by atoms with Crippen molar-refractivity contribution >= 4 is 39.6 Å². The molecule has 1 fully saturated rings. The number of thiazole rings is 1. The van der Waals surface area contributed by atoms with Crippen LogP contribution in [0, 0.1) is 0 Å². The molecule has 9 heteroatoms. The number of aromatic nitrogens is 1. The maximum Gasteiger partial charge on any atom is 0.267 e. The van der Waals surface area contributed by atoms with E-state index in [1.807, 2.05) is 35.0 Å². The largest absolute Gasteiger partial charge is 0.348 e. The molecule has 1 aromatic carbocycles. The van der Waals surface area contributed by atoms with E-state index in [0.29, 0.717) is 15.7 Å². The molecule has 1 saturated heterocycles. The van der Waals surface area contributed by atoms with Crippen molar-refractivity contribution in [3.63, 3.8) is 0 Å². The van der Waals surface area contributed by atoms with Gasteiger partial charge in [-0.1, -0.05) is 36.4 Å². The van der Waals surface area contributed by atoms with Crippen LogP contribution in [0.25, 0.3) is 0 Å². The number of thiophene rings is 1. The Hall–Kier alpha value is -2.59. The molecule has 3 heterocycles. The van der Waals surface area contributed by atoms with Crippen molar-refractivity contribution in [3.8, 4) is 0 Å². The lowest BCUT2D eigenvalue weighted by Gasteiger charge is -2.35. The quantitative estimate of drug-likeness (QED) is 0.530. The van der Waals surface area contributed by atoms with Crippen LogP contribution in [-0.2, 0) is 11.2 Å². The maximum atomic E-state index is 12.8. The molecule has 0 bridgehead atoms. The third-order valence-electron chi connectivity index (χ3n) is 5.43. The summed E-state index contributed by atoms with van der Waals surface area (Å²) in [7, 11) is 2.14. The van der Waals surface area contributed by atoms with Gasteiger partial charge < -0.3 is 10.2 Å². The van der Waals surface area contributed by atoms with Gasteiger partial charge in [-0.05, 0) is 24.1 Å². The summed E-state index contributed by atoms with van der Waals surface area (Å²) < 4.78 is 0. The van der Waals surface area contributed by atoms with E-state index in [2.05, 4.69) is 44.6 Å². The number of nitrogens with zero attached hydrogens (tertiary/aromatic N) is 3. The minimum Gasteiger partial charge on any atom is -0.348 e. The van der Waals surface area contributed by atoms with E-state index in [1.54, 1.807) is 6.07 Å². The fraction of sp³-hybridized carbons (Fsp3) is 0.348. The number of amides is 2. The van der Waals surface area contributed by atoms with E-state index in [4.69, 9.17) is 0 Å². The first-order chi connectivity index (χ1) is 15.6. The van der Waals surface area contributed by atoms with Gasteiger partial charge in [-0.15, -0.1) is 22.7 Å². The number of nitrogens with one attached hydrogen (secondary N) is 2. The van der Waals surface area contributed by atoms with Gasteiger partial charge in [-0.2, -0.15) is 0 Å². The Morgan fingerprint density at radius 2 is 1.84 bits per heavy atom. The highest BCUT2D eigenvalue weighted by molar-refractivity contribution is 7.14. The topological polar surface area (TPSA) is 77.6 Å². The minimum atomic E-state index is -0.179. The number of likely N-dealkylation sites (N-methyl/N-ethyl adjacent to an activating group) is 1. The van der Waals surface area contributed by atoms with E-state index < -0.39 is 0 Å². The molecule has 0 spiro atoms. The third kappa shape index (κ3) is 6.23. The molecule has 4 rings (SSSR count). The Morgan fingerprint density at radius 1 is 1.06 bits per heavy atom. The Balaban J connectivity index is 1.36. The second-order valence-corrected chi connectivity index (χ2v) is 9.69. The molecule has 0 aliphatic carbocycles. The molecule has 1 aliphatic rings. The maximum absolute atomic E-state index is 12.8. The minimum absolute atomic E-state index is 0.0746. The van der Waals surface area contributed by atoms with Gasteiger partial charge in [0.1, 0.15) is 0 Å². The normalized spacial score (nSPS) is 15.9. The first kappa shape index (κ1) is 22.6. The number of piperazine rings is 1. The number of hydrogen-bond acceptors (Lipinski definition) is 7. The molecular formula is C23H27N5O2S2. The van der Waals surface area contributed by atoms with Crippen LogP contribution in [0.3, 0.4) is 0 Å². The van der Waals surface area contributed by atoms with Gasteiger partial charge in [0.05, 0.1) is 23.0 Å². The Labute approximate surface area is 196 Å². The standard InChI is InChI=1S/C23H27N5O2S2/c1-27-9-11-28(12-10-27)15-19(17-6-3-2-4-7-17)25-21(29)14-18-16-32-23(24-18)26-22(30)20-8-5-13-31-20/h2-8,13,16,19H,9-12,14-15H2,1H3,(H,25,29)(H,24,26,30). The highest BCUT2D eigenvalue weighted by Crippen LogP contribution is 2.20. The lowest BCUT2D eigenvalue weighted by atomic mass is 10.1. The number of benzene rings is 1. The number of rotatable bonds is 8. The molecule has 2 N–H and O–H groups in total. The molecule has 0 saturated carbocycles. The summed E-state index contributed by atoms with van der Waals surface area (Å²) in [6.45, 7) is 4.84. The van der Waals surface area contributed by atoms with Gasteiger partial charge in [0.25, 0.3) is 5.91 Å². The van der Waals surface area contributed by atoms with E-state index in [-0.39, 0.29) is 24.3 Å². The van der Waals surface area contributed by atoms with Crippen molar-refractivity contribution in [1.29, 1.82) is 0 Å². The Morgan fingerprint density at radius 3 is 2.56 bits per heavy atom. The van der Waals surface area contributed by atoms with Gasteiger partial charge >= 0.3 is 0 Å². The summed E-state index contributed by atoms with van der Waals surface area (Å²) in [4.78, 5) is 34.8. The molecule has 2 amide bonds. The third-order valence-corrected chi connectivity index (χ3v) is 7.11. The zero-order valence-corrected chi connectivity index (χ0v) is 19.6. The van der Waals surface area contributed by atoms with Crippen LogP contribution in [0.5, 0.6) is 0 Å². The van der Waals surface area contributed by atoms with Crippen molar-refractivity contribution in [2.24, 2.45) is 0 Å².